The molecule has 1 heterocycles. The lowest BCUT2D eigenvalue weighted by molar-refractivity contribution is 0.542. The summed E-state index contributed by atoms with van der Waals surface area (Å²) in [5.41, 5.74) is 1.19. The van der Waals surface area contributed by atoms with Crippen molar-refractivity contribution in [2.45, 2.75) is 39.7 Å². The Bertz CT molecular complexity index is 244. The fraction of sp³-hybridized carbons (Fsp3) is 0.700. The second-order valence-electron chi connectivity index (χ2n) is 3.35. The number of rotatable bonds is 4. The van der Waals surface area contributed by atoms with Crippen LogP contribution in [0.1, 0.15) is 28.9 Å². The van der Waals surface area contributed by atoms with E-state index in [9.17, 15) is 0 Å². The first-order valence-corrected chi connectivity index (χ1v) is 5.59. The van der Waals surface area contributed by atoms with Gasteiger partial charge in [0.25, 0.3) is 0 Å². The molecular formula is C10H18N2S. The van der Waals surface area contributed by atoms with Gasteiger partial charge in [0.2, 0.25) is 0 Å². The molecule has 0 aromatic carbocycles. The molecule has 0 bridgehead atoms. The van der Waals surface area contributed by atoms with Crippen molar-refractivity contribution in [3.8, 4) is 0 Å². The molecule has 1 unspecified atom stereocenters. The molecule has 13 heavy (non-hydrogen) atoms. The monoisotopic (exact) mass is 198 g/mol. The summed E-state index contributed by atoms with van der Waals surface area (Å²) in [6, 6.07) is 0.574. The summed E-state index contributed by atoms with van der Waals surface area (Å²) in [6.45, 7) is 6.42. The zero-order valence-electron chi connectivity index (χ0n) is 8.85. The molecule has 1 rings (SSSR count). The molecule has 0 spiro atoms. The van der Waals surface area contributed by atoms with Crippen LogP contribution in [0.15, 0.2) is 0 Å². The molecule has 74 valence electrons. The van der Waals surface area contributed by atoms with Crippen LogP contribution < -0.4 is 5.32 Å². The standard InChI is InChI=1S/C10H18N2S/c1-5-9(11-4)6-10-12-7(2)8(3)13-10/h9,11H,5-6H2,1-4H3. The summed E-state index contributed by atoms with van der Waals surface area (Å²) in [7, 11) is 2.02. The van der Waals surface area contributed by atoms with Gasteiger partial charge in [-0.25, -0.2) is 4.98 Å². The van der Waals surface area contributed by atoms with E-state index in [4.69, 9.17) is 0 Å². The summed E-state index contributed by atoms with van der Waals surface area (Å²) >= 11 is 1.82. The lowest BCUT2D eigenvalue weighted by Gasteiger charge is -2.10. The first kappa shape index (κ1) is 10.7. The summed E-state index contributed by atoms with van der Waals surface area (Å²) in [4.78, 5) is 5.87. The van der Waals surface area contributed by atoms with Gasteiger partial charge in [0.15, 0.2) is 0 Å². The maximum Gasteiger partial charge on any atom is 0.0946 e. The smallest absolute Gasteiger partial charge is 0.0946 e. The fourth-order valence-corrected chi connectivity index (χ4v) is 2.30. The van der Waals surface area contributed by atoms with Crippen LogP contribution in [-0.2, 0) is 6.42 Å². The molecular weight excluding hydrogens is 180 g/mol. The largest absolute Gasteiger partial charge is 0.317 e. The van der Waals surface area contributed by atoms with Crippen LogP contribution in [0.3, 0.4) is 0 Å². The highest BCUT2D eigenvalue weighted by atomic mass is 32.1. The maximum atomic E-state index is 4.52. The minimum Gasteiger partial charge on any atom is -0.317 e. The number of nitrogens with one attached hydrogen (secondary N) is 1. The van der Waals surface area contributed by atoms with Crippen molar-refractivity contribution < 1.29 is 0 Å². The summed E-state index contributed by atoms with van der Waals surface area (Å²) < 4.78 is 0. The Kier molecular flexibility index (Phi) is 3.88. The molecule has 0 amide bonds. The zero-order valence-corrected chi connectivity index (χ0v) is 9.66. The van der Waals surface area contributed by atoms with Gasteiger partial charge >= 0.3 is 0 Å². The molecule has 2 nitrogen and oxygen atoms in total. The van der Waals surface area contributed by atoms with Crippen molar-refractivity contribution in [3.05, 3.63) is 15.6 Å². The quantitative estimate of drug-likeness (QED) is 0.803. The molecule has 3 heteroatoms. The normalized spacial score (nSPS) is 13.2. The predicted octanol–water partition coefficient (Wildman–Crippen LogP) is 2.30. The van der Waals surface area contributed by atoms with Crippen molar-refractivity contribution in [1.29, 1.82) is 0 Å². The number of thiazole rings is 1. The molecule has 0 aliphatic heterocycles. The summed E-state index contributed by atoms with van der Waals surface area (Å²) in [5, 5.41) is 4.56. The maximum absolute atomic E-state index is 4.52. The Morgan fingerprint density at radius 1 is 1.46 bits per heavy atom. The SMILES string of the molecule is CCC(Cc1nc(C)c(C)s1)NC. The lowest BCUT2D eigenvalue weighted by atomic mass is 10.2. The van der Waals surface area contributed by atoms with Crippen LogP contribution in [0.4, 0.5) is 0 Å². The number of hydrogen-bond acceptors (Lipinski definition) is 3. The molecule has 0 saturated heterocycles. The highest BCUT2D eigenvalue weighted by Gasteiger charge is 2.08. The predicted molar refractivity (Wildman–Crippen MR) is 58.4 cm³/mol. The molecule has 0 aliphatic rings. The van der Waals surface area contributed by atoms with Crippen LogP contribution in [0, 0.1) is 13.8 Å². The minimum atomic E-state index is 0.574. The average molecular weight is 198 g/mol. The van der Waals surface area contributed by atoms with E-state index >= 15 is 0 Å². The number of aromatic nitrogens is 1. The third kappa shape index (κ3) is 2.78. The van der Waals surface area contributed by atoms with Gasteiger partial charge in [-0.15, -0.1) is 11.3 Å². The molecule has 1 atom stereocenters. The van der Waals surface area contributed by atoms with Crippen LogP contribution in [-0.4, -0.2) is 18.1 Å². The Labute approximate surface area is 84.4 Å². The molecule has 1 N–H and O–H groups in total. The van der Waals surface area contributed by atoms with Crippen molar-refractivity contribution in [2.24, 2.45) is 0 Å². The van der Waals surface area contributed by atoms with Gasteiger partial charge in [0.05, 0.1) is 10.7 Å². The van der Waals surface area contributed by atoms with E-state index in [-0.39, 0.29) is 0 Å². The number of likely N-dealkylation sites (N-methyl/N-ethyl adjacent to an activating group) is 1. The third-order valence-corrected chi connectivity index (χ3v) is 3.49. The highest BCUT2D eigenvalue weighted by Crippen LogP contribution is 2.18. The van der Waals surface area contributed by atoms with Crippen molar-refractivity contribution in [2.75, 3.05) is 7.05 Å². The first-order valence-electron chi connectivity index (χ1n) is 4.77. The Morgan fingerprint density at radius 3 is 2.54 bits per heavy atom. The Balaban J connectivity index is 2.62. The third-order valence-electron chi connectivity index (χ3n) is 2.39. The van der Waals surface area contributed by atoms with Gasteiger partial charge in [-0.1, -0.05) is 6.92 Å². The van der Waals surface area contributed by atoms with Gasteiger partial charge in [-0.3, -0.25) is 0 Å². The van der Waals surface area contributed by atoms with E-state index in [1.807, 2.05) is 18.4 Å². The molecule has 0 saturated carbocycles. The molecule has 1 aromatic heterocycles. The minimum absolute atomic E-state index is 0.574. The topological polar surface area (TPSA) is 24.9 Å². The van der Waals surface area contributed by atoms with Crippen molar-refractivity contribution in [1.82, 2.24) is 10.3 Å². The van der Waals surface area contributed by atoms with Crippen molar-refractivity contribution in [3.63, 3.8) is 0 Å². The molecule has 0 fully saturated rings. The van der Waals surface area contributed by atoms with Crippen molar-refractivity contribution >= 4 is 11.3 Å². The number of aryl methyl sites for hydroxylation is 2. The van der Waals surface area contributed by atoms with E-state index in [1.165, 1.54) is 15.6 Å². The van der Waals surface area contributed by atoms with E-state index in [1.54, 1.807) is 0 Å². The fourth-order valence-electron chi connectivity index (χ4n) is 1.29. The zero-order chi connectivity index (χ0) is 9.84. The number of hydrogen-bond donors (Lipinski definition) is 1. The van der Waals surface area contributed by atoms with E-state index in [2.05, 4.69) is 31.1 Å². The van der Waals surface area contributed by atoms with Gasteiger partial charge in [0, 0.05) is 17.3 Å². The lowest BCUT2D eigenvalue weighted by Crippen LogP contribution is -2.26. The average Bonchev–Trinajstić information content (AvgIpc) is 2.42. The van der Waals surface area contributed by atoms with E-state index in [0.29, 0.717) is 6.04 Å². The van der Waals surface area contributed by atoms with E-state index in [0.717, 1.165) is 12.8 Å². The van der Waals surface area contributed by atoms with Crippen LogP contribution >= 0.6 is 11.3 Å². The van der Waals surface area contributed by atoms with Gasteiger partial charge in [-0.05, 0) is 27.3 Å². The number of nitrogens with zero attached hydrogens (tertiary/aromatic N) is 1. The molecule has 0 aliphatic carbocycles. The Morgan fingerprint density at radius 2 is 2.15 bits per heavy atom. The second kappa shape index (κ2) is 4.72. The molecule has 1 aromatic rings. The van der Waals surface area contributed by atoms with E-state index < -0.39 is 0 Å². The molecule has 0 radical (unpaired) electrons. The first-order chi connectivity index (χ1) is 6.17. The highest BCUT2D eigenvalue weighted by molar-refractivity contribution is 7.11. The van der Waals surface area contributed by atoms with Gasteiger partial charge < -0.3 is 5.32 Å². The van der Waals surface area contributed by atoms with Gasteiger partial charge in [-0.2, -0.15) is 0 Å². The second-order valence-corrected chi connectivity index (χ2v) is 4.63. The van der Waals surface area contributed by atoms with Gasteiger partial charge in [0.1, 0.15) is 0 Å². The Hall–Kier alpha value is -0.410. The van der Waals surface area contributed by atoms with Crippen LogP contribution in [0.5, 0.6) is 0 Å². The van der Waals surface area contributed by atoms with Crippen LogP contribution in [0.2, 0.25) is 0 Å². The summed E-state index contributed by atoms with van der Waals surface area (Å²) in [5.74, 6) is 0. The van der Waals surface area contributed by atoms with Crippen LogP contribution in [0.25, 0.3) is 0 Å². The summed E-state index contributed by atoms with van der Waals surface area (Å²) in [6.07, 6.45) is 2.22.